The van der Waals surface area contributed by atoms with Crippen molar-refractivity contribution in [2.45, 2.75) is 217 Å². The number of esters is 10. The van der Waals surface area contributed by atoms with E-state index in [9.17, 15) is 57.1 Å². The molecule has 34 heteroatoms. The highest BCUT2D eigenvalue weighted by Gasteiger charge is 2.33. The van der Waals surface area contributed by atoms with Crippen molar-refractivity contribution >= 4 is 95.8 Å². The van der Waals surface area contributed by atoms with E-state index < -0.39 is 134 Å². The number of carbonyl (C=O) groups excluding carboxylic acids is 10. The normalized spacial score (nSPS) is 15.6. The van der Waals surface area contributed by atoms with Gasteiger partial charge in [-0.25, -0.2) is 47.9 Å². The first kappa shape index (κ1) is 112. The number of carbonyl (C=O) groups is 10. The van der Waals surface area contributed by atoms with E-state index in [2.05, 4.69) is 23.5 Å². The molecule has 0 aromatic heterocycles. The topological polar surface area (TPSA) is 415 Å². The van der Waals surface area contributed by atoms with Gasteiger partial charge >= 0.3 is 73.4 Å². The van der Waals surface area contributed by atoms with Gasteiger partial charge in [0.05, 0.1) is 26.4 Å². The highest BCUT2D eigenvalue weighted by atomic mass is 35.9. The van der Waals surface area contributed by atoms with Crippen LogP contribution in [0.25, 0.3) is 0 Å². The van der Waals surface area contributed by atoms with Crippen LogP contribution in [0.1, 0.15) is 156 Å². The molecule has 1 heterocycles. The summed E-state index contributed by atoms with van der Waals surface area (Å²) in [5.41, 5.74) is 0. The smallest absolute Gasteiger partial charge is 0.380 e. The maximum atomic E-state index is 11.9. The summed E-state index contributed by atoms with van der Waals surface area (Å²) in [6.07, 6.45) is -14.4. The summed E-state index contributed by atoms with van der Waals surface area (Å²) in [5.74, 6) is -8.06. The molecule has 0 spiro atoms. The zero-order chi connectivity index (χ0) is 62.1. The molecule has 0 aromatic rings. The molecule has 1 aliphatic heterocycles. The molecule has 11 atom stereocenters. The van der Waals surface area contributed by atoms with Gasteiger partial charge in [-0.05, 0) is 106 Å². The van der Waals surface area contributed by atoms with Gasteiger partial charge in [0.1, 0.15) is 38.6 Å². The SMILES string of the molecule is C.C.C.C.C.C.C.C.CC.CCOP(=O)(Cl)Cl.CCO[P@](C)(=O)O[C@@H](C)C(=O)O[C@@H](C)C(=O)OCCOC(=O)[C@@H](C)OC(=O)[C@@H](C)OC.C[C@@H]1OC(=O)[C@H](C)OC1=O.C[C@H](O)C(=O)O[C@@H](C)C(=O)OCCOC(=O)[C@@H](C)OC(=O)[C@@H](C)O.OCCO. The second kappa shape index (κ2) is 63.4. The lowest BCUT2D eigenvalue weighted by Crippen LogP contribution is -2.40. The molecular weight excluding hydrogens is 1240 g/mol. The summed E-state index contributed by atoms with van der Waals surface area (Å²) in [7, 11) is -2.11. The Hall–Kier alpha value is -4.58. The fourth-order valence-corrected chi connectivity index (χ4v) is 5.87. The average Bonchev–Trinajstić information content (AvgIpc) is 3.35. The summed E-state index contributed by atoms with van der Waals surface area (Å²) in [6, 6.07) is 0. The van der Waals surface area contributed by atoms with Crippen molar-refractivity contribution in [3.05, 3.63) is 0 Å². The van der Waals surface area contributed by atoms with Crippen LogP contribution in [-0.4, -0.2) is 208 Å². The van der Waals surface area contributed by atoms with Crippen LogP contribution in [0.5, 0.6) is 0 Å². The summed E-state index contributed by atoms with van der Waals surface area (Å²) in [5, 5.41) is 33.1. The fraction of sp³-hybridized carbons (Fsp3) is 0.808. The quantitative estimate of drug-likeness (QED) is 0.0282. The maximum absolute atomic E-state index is 11.9. The van der Waals surface area contributed by atoms with E-state index in [4.69, 9.17) is 85.1 Å². The Morgan fingerprint density at radius 3 is 0.919 bits per heavy atom. The number of rotatable bonds is 26. The Morgan fingerprint density at radius 1 is 0.477 bits per heavy atom. The Labute approximate surface area is 521 Å². The van der Waals surface area contributed by atoms with Gasteiger partial charge in [-0.2, -0.15) is 0 Å². The standard InChI is InChI=1S/C18H31O12P.C14H22O10.C6H8O4.C2H5Cl2O2P.C2H6O2.C2H6.8CH4/c1-8-27-31(7,23)30-14(5)18(22)29-13(4)16(20)26-10-9-25-15(19)12(3)28-17(21)11(2)24-6;1-7(15)11(17)23-9(3)13(19)21-5-6-22-14(20)10(4)24-12(18)8(2)16;1-3-5(7)10-4(2)6(8)9-3;1-2-6-7(3,4)5;3-1-2-4;1-2;;;;;;;;/h11-14H,8-10H2,1-7H3;7-10,15-16H,5-6H2,1-4H3;3-4H,1-2H3;2H2,1H3;3-4H,1-2H2;1-2H3;8*1H4/t11-,12-,13+,14+,31+;7-,8+,9-,10+;3-,4-;;;;;;;;;;;/m1.0.........../s1. The monoisotopic (exact) mass is 1350 g/mol. The first-order valence-electron chi connectivity index (χ1n) is 23.5. The van der Waals surface area contributed by atoms with Gasteiger partial charge in [-0.15, -0.1) is 0 Å². The molecule has 86 heavy (non-hydrogen) atoms. The number of ether oxygens (including phenoxy) is 11. The van der Waals surface area contributed by atoms with Crippen LogP contribution in [0, 0.1) is 0 Å². The third-order valence-electron chi connectivity index (χ3n) is 7.69. The molecule has 0 radical (unpaired) electrons. The summed E-state index contributed by atoms with van der Waals surface area (Å²) < 4.78 is 88.3. The van der Waals surface area contributed by atoms with E-state index in [1.807, 2.05) is 13.8 Å². The molecule has 0 aromatic carbocycles. The third kappa shape index (κ3) is 61.1. The lowest BCUT2D eigenvalue weighted by molar-refractivity contribution is -0.191. The molecule has 1 aliphatic rings. The van der Waals surface area contributed by atoms with Gasteiger partial charge in [0.25, 0.3) is 0 Å². The molecule has 1 rings (SSSR count). The van der Waals surface area contributed by atoms with Crippen molar-refractivity contribution in [1.29, 1.82) is 0 Å². The first-order valence-corrected chi connectivity index (χ1v) is 29.0. The van der Waals surface area contributed by atoms with Crippen LogP contribution in [0.2, 0.25) is 0 Å². The summed E-state index contributed by atoms with van der Waals surface area (Å²) in [4.78, 5) is 114. The number of aliphatic hydroxyl groups is 4. The van der Waals surface area contributed by atoms with Crippen LogP contribution in [-0.2, 0) is 123 Å². The van der Waals surface area contributed by atoms with Crippen LogP contribution in [0.3, 0.4) is 0 Å². The highest BCUT2D eigenvalue weighted by molar-refractivity contribution is 8.05. The minimum absolute atomic E-state index is 0. The largest absolute Gasteiger partial charge is 0.459 e. The van der Waals surface area contributed by atoms with Crippen LogP contribution in [0.4, 0.5) is 0 Å². The zero-order valence-electron chi connectivity index (χ0n) is 46.5. The van der Waals surface area contributed by atoms with Crippen molar-refractivity contribution in [2.24, 2.45) is 0 Å². The summed E-state index contributed by atoms with van der Waals surface area (Å²) >= 11 is 9.86. The van der Waals surface area contributed by atoms with E-state index in [0.29, 0.717) is 0 Å². The van der Waals surface area contributed by atoms with Gasteiger partial charge in [0, 0.05) is 13.8 Å². The molecule has 30 nitrogen and oxygen atoms in total. The van der Waals surface area contributed by atoms with Crippen molar-refractivity contribution in [2.75, 3.05) is 66.6 Å². The predicted molar refractivity (Wildman–Crippen MR) is 323 cm³/mol. The molecule has 0 saturated carbocycles. The molecule has 1 saturated heterocycles. The van der Waals surface area contributed by atoms with Crippen LogP contribution >= 0.6 is 36.2 Å². The van der Waals surface area contributed by atoms with Gasteiger partial charge in [0.15, 0.2) is 48.8 Å². The minimum atomic E-state index is -3.43. The molecule has 1 fully saturated rings. The lowest BCUT2D eigenvalue weighted by Gasteiger charge is -2.22. The number of aliphatic hydroxyl groups excluding tert-OH is 4. The van der Waals surface area contributed by atoms with Gasteiger partial charge in [-0.3, -0.25) is 13.7 Å². The van der Waals surface area contributed by atoms with Crippen molar-refractivity contribution in [3.8, 4) is 0 Å². The maximum Gasteiger partial charge on any atom is 0.380 e. The zero-order valence-corrected chi connectivity index (χ0v) is 49.8. The molecule has 0 bridgehead atoms. The average molecular weight is 1350 g/mol. The first-order chi connectivity index (χ1) is 36.0. The highest BCUT2D eigenvalue weighted by Crippen LogP contribution is 2.57. The van der Waals surface area contributed by atoms with E-state index in [1.54, 1.807) is 13.8 Å². The molecular formula is C52H110Cl2O30P2. The minimum Gasteiger partial charge on any atom is -0.459 e. The van der Waals surface area contributed by atoms with Crippen molar-refractivity contribution < 1.29 is 143 Å². The Balaban J connectivity index is -0.0000000778. The lowest BCUT2D eigenvalue weighted by atomic mass is 10.3. The van der Waals surface area contributed by atoms with Gasteiger partial charge in [0.2, 0.25) is 0 Å². The predicted octanol–water partition coefficient (Wildman–Crippen LogP) is 7.49. The fourth-order valence-electron chi connectivity index (χ4n) is 3.79. The molecule has 0 amide bonds. The van der Waals surface area contributed by atoms with Crippen molar-refractivity contribution in [1.82, 2.24) is 0 Å². The molecule has 4 N–H and O–H groups in total. The Kier molecular flexibility index (Phi) is 83.0. The molecule has 522 valence electrons. The second-order valence-electron chi connectivity index (χ2n) is 14.6. The van der Waals surface area contributed by atoms with E-state index in [1.165, 1.54) is 83.0 Å². The Bertz CT molecular complexity index is 1840. The molecule has 0 aliphatic carbocycles. The second-order valence-corrected chi connectivity index (χ2v) is 20.9. The summed E-state index contributed by atoms with van der Waals surface area (Å²) in [6.45, 7) is 20.6. The van der Waals surface area contributed by atoms with E-state index in [0.717, 1.165) is 0 Å². The number of halogens is 2. The van der Waals surface area contributed by atoms with E-state index >= 15 is 0 Å². The number of methoxy groups -OCH3 is 1. The number of hydrogen-bond donors (Lipinski definition) is 4. The van der Waals surface area contributed by atoms with Gasteiger partial charge in [-0.1, -0.05) is 73.3 Å². The van der Waals surface area contributed by atoms with Gasteiger partial charge < -0.3 is 81.6 Å². The molecule has 0 unspecified atom stereocenters. The van der Waals surface area contributed by atoms with Crippen LogP contribution < -0.4 is 0 Å². The Morgan fingerprint density at radius 2 is 0.721 bits per heavy atom. The number of cyclic esters (lactones) is 2. The van der Waals surface area contributed by atoms with Crippen LogP contribution in [0.15, 0.2) is 0 Å². The third-order valence-corrected chi connectivity index (χ3v) is 10.3. The number of hydrogen-bond acceptors (Lipinski definition) is 30. The van der Waals surface area contributed by atoms with Crippen molar-refractivity contribution in [3.63, 3.8) is 0 Å². The van der Waals surface area contributed by atoms with E-state index in [-0.39, 0.29) is 112 Å².